The second-order valence-electron chi connectivity index (χ2n) is 6.53. The van der Waals surface area contributed by atoms with Crippen LogP contribution in [-0.4, -0.2) is 31.4 Å². The molecule has 4 rings (SSSR count). The fourth-order valence-corrected chi connectivity index (χ4v) is 3.06. The van der Waals surface area contributed by atoms with Gasteiger partial charge in [0.15, 0.2) is 0 Å². The summed E-state index contributed by atoms with van der Waals surface area (Å²) < 4.78 is 3.19. The summed E-state index contributed by atoms with van der Waals surface area (Å²) in [6.45, 7) is 0.471. The molecule has 30 heavy (non-hydrogen) atoms. The summed E-state index contributed by atoms with van der Waals surface area (Å²) in [5.41, 5.74) is 8.10. The summed E-state index contributed by atoms with van der Waals surface area (Å²) in [4.78, 5) is 23.7. The number of rotatable bonds is 6. The van der Waals surface area contributed by atoms with E-state index in [-0.39, 0.29) is 11.6 Å². The molecule has 0 fully saturated rings. The third-order valence-corrected chi connectivity index (χ3v) is 4.79. The van der Waals surface area contributed by atoms with Crippen molar-refractivity contribution in [1.82, 2.24) is 19.6 Å². The number of hydrogen-bond acceptors (Lipinski definition) is 4. The van der Waals surface area contributed by atoms with Gasteiger partial charge in [0, 0.05) is 23.1 Å². The number of carbonyl (C=O) groups excluding carboxylic acids is 2. The molecule has 0 bridgehead atoms. The van der Waals surface area contributed by atoms with E-state index in [2.05, 4.69) is 15.5 Å². The van der Waals surface area contributed by atoms with Crippen molar-refractivity contribution in [2.75, 3.05) is 5.32 Å². The van der Waals surface area contributed by atoms with E-state index in [1.54, 1.807) is 41.3 Å². The quantitative estimate of drug-likeness (QED) is 0.499. The maximum atomic E-state index is 12.5. The molecule has 150 valence electrons. The normalized spacial score (nSPS) is 10.7. The van der Waals surface area contributed by atoms with Crippen molar-refractivity contribution in [2.24, 2.45) is 5.73 Å². The van der Waals surface area contributed by atoms with Gasteiger partial charge in [0.25, 0.3) is 11.8 Å². The van der Waals surface area contributed by atoms with Crippen LogP contribution >= 0.6 is 11.6 Å². The van der Waals surface area contributed by atoms with Crippen molar-refractivity contribution in [2.45, 2.75) is 6.54 Å². The summed E-state index contributed by atoms with van der Waals surface area (Å²) in [6.07, 6.45) is 4.82. The highest BCUT2D eigenvalue weighted by Gasteiger charge is 2.11. The SMILES string of the molecule is NC(=O)c1ccn(-c2ccc(NC(=O)c3cnn(Cc4ccccc4Cl)c3)cc2)n1. The van der Waals surface area contributed by atoms with E-state index < -0.39 is 5.91 Å². The monoisotopic (exact) mass is 420 g/mol. The van der Waals surface area contributed by atoms with Gasteiger partial charge < -0.3 is 11.1 Å². The number of primary amides is 1. The Morgan fingerprint density at radius 3 is 2.53 bits per heavy atom. The molecular formula is C21H17ClN6O2. The van der Waals surface area contributed by atoms with Crippen LogP contribution in [0, 0.1) is 0 Å². The van der Waals surface area contributed by atoms with Crippen LogP contribution in [-0.2, 0) is 6.54 Å². The first-order valence-electron chi connectivity index (χ1n) is 9.03. The van der Waals surface area contributed by atoms with E-state index in [1.807, 2.05) is 24.3 Å². The summed E-state index contributed by atoms with van der Waals surface area (Å²) in [5.74, 6) is -0.865. The number of carbonyl (C=O) groups is 2. The van der Waals surface area contributed by atoms with Crippen molar-refractivity contribution in [3.63, 3.8) is 0 Å². The molecule has 0 unspecified atom stereocenters. The number of nitrogens with two attached hydrogens (primary N) is 1. The van der Waals surface area contributed by atoms with Crippen molar-refractivity contribution in [3.05, 3.63) is 95.0 Å². The highest BCUT2D eigenvalue weighted by atomic mass is 35.5. The lowest BCUT2D eigenvalue weighted by molar-refractivity contribution is 0.0993. The standard InChI is InChI=1S/C21H17ClN6O2/c22-18-4-2-1-3-14(18)12-27-13-15(11-24-27)21(30)25-16-5-7-17(8-6-16)28-10-9-19(26-28)20(23)29/h1-11,13H,12H2,(H2,23,29)(H,25,30). The zero-order valence-corrected chi connectivity index (χ0v) is 16.5. The van der Waals surface area contributed by atoms with Crippen LogP contribution in [0.3, 0.4) is 0 Å². The zero-order valence-electron chi connectivity index (χ0n) is 15.7. The minimum atomic E-state index is -0.590. The minimum absolute atomic E-state index is 0.182. The van der Waals surface area contributed by atoms with Gasteiger partial charge >= 0.3 is 0 Å². The molecule has 2 aromatic carbocycles. The first-order valence-corrected chi connectivity index (χ1v) is 9.40. The van der Waals surface area contributed by atoms with Gasteiger partial charge in [-0.3, -0.25) is 14.3 Å². The lowest BCUT2D eigenvalue weighted by Crippen LogP contribution is -2.12. The molecule has 0 aliphatic carbocycles. The lowest BCUT2D eigenvalue weighted by atomic mass is 10.2. The van der Waals surface area contributed by atoms with Gasteiger partial charge in [0.1, 0.15) is 5.69 Å². The summed E-state index contributed by atoms with van der Waals surface area (Å²) in [7, 11) is 0. The average Bonchev–Trinajstić information content (AvgIpc) is 3.40. The van der Waals surface area contributed by atoms with Gasteiger partial charge in [0.2, 0.25) is 0 Å². The summed E-state index contributed by atoms with van der Waals surface area (Å²) in [5, 5.41) is 11.8. The third-order valence-electron chi connectivity index (χ3n) is 4.42. The van der Waals surface area contributed by atoms with Crippen LogP contribution in [0.15, 0.2) is 73.2 Å². The van der Waals surface area contributed by atoms with Crippen LogP contribution in [0.1, 0.15) is 26.4 Å². The molecule has 0 spiro atoms. The smallest absolute Gasteiger partial charge is 0.269 e. The lowest BCUT2D eigenvalue weighted by Gasteiger charge is -2.06. The van der Waals surface area contributed by atoms with Crippen molar-refractivity contribution >= 4 is 29.1 Å². The Morgan fingerprint density at radius 2 is 1.83 bits per heavy atom. The molecule has 8 nitrogen and oxygen atoms in total. The number of aromatic nitrogens is 4. The Morgan fingerprint density at radius 1 is 1.07 bits per heavy atom. The second kappa shape index (κ2) is 8.22. The molecular weight excluding hydrogens is 404 g/mol. The minimum Gasteiger partial charge on any atom is -0.364 e. The van der Waals surface area contributed by atoms with Gasteiger partial charge in [0.05, 0.1) is 24.0 Å². The van der Waals surface area contributed by atoms with E-state index >= 15 is 0 Å². The third kappa shape index (κ3) is 4.23. The molecule has 9 heteroatoms. The molecule has 4 aromatic rings. The van der Waals surface area contributed by atoms with Gasteiger partial charge in [-0.05, 0) is 42.0 Å². The van der Waals surface area contributed by atoms with Gasteiger partial charge in [-0.2, -0.15) is 10.2 Å². The predicted molar refractivity (Wildman–Crippen MR) is 113 cm³/mol. The average molecular weight is 421 g/mol. The second-order valence-corrected chi connectivity index (χ2v) is 6.94. The van der Waals surface area contributed by atoms with E-state index in [0.717, 1.165) is 11.3 Å². The van der Waals surface area contributed by atoms with E-state index in [0.29, 0.717) is 22.8 Å². The van der Waals surface area contributed by atoms with Gasteiger partial charge in [-0.1, -0.05) is 29.8 Å². The van der Waals surface area contributed by atoms with E-state index in [1.165, 1.54) is 16.9 Å². The van der Waals surface area contributed by atoms with Gasteiger partial charge in [-0.25, -0.2) is 4.68 Å². The first-order chi connectivity index (χ1) is 14.5. The first kappa shape index (κ1) is 19.4. The molecule has 0 aliphatic rings. The van der Waals surface area contributed by atoms with Crippen LogP contribution in [0.2, 0.25) is 5.02 Å². The molecule has 0 atom stereocenters. The number of benzene rings is 2. The van der Waals surface area contributed by atoms with Crippen molar-refractivity contribution < 1.29 is 9.59 Å². The van der Waals surface area contributed by atoms with Crippen LogP contribution in [0.25, 0.3) is 5.69 Å². The highest BCUT2D eigenvalue weighted by molar-refractivity contribution is 6.31. The van der Waals surface area contributed by atoms with Gasteiger partial charge in [-0.15, -0.1) is 0 Å². The Balaban J connectivity index is 1.42. The van der Waals surface area contributed by atoms with Crippen LogP contribution < -0.4 is 11.1 Å². The topological polar surface area (TPSA) is 108 Å². The molecule has 0 aliphatic heterocycles. The Hall–Kier alpha value is -3.91. The highest BCUT2D eigenvalue weighted by Crippen LogP contribution is 2.17. The fraction of sp³-hybridized carbons (Fsp3) is 0.0476. The van der Waals surface area contributed by atoms with Crippen LogP contribution in [0.5, 0.6) is 0 Å². The molecule has 0 radical (unpaired) electrons. The Kier molecular flexibility index (Phi) is 5.32. The van der Waals surface area contributed by atoms with E-state index in [9.17, 15) is 9.59 Å². The van der Waals surface area contributed by atoms with E-state index in [4.69, 9.17) is 17.3 Å². The fourth-order valence-electron chi connectivity index (χ4n) is 2.87. The molecule has 0 saturated heterocycles. The number of amides is 2. The van der Waals surface area contributed by atoms with Crippen LogP contribution in [0.4, 0.5) is 5.69 Å². The molecule has 0 saturated carbocycles. The Bertz CT molecular complexity index is 1210. The van der Waals surface area contributed by atoms with Crippen molar-refractivity contribution in [3.8, 4) is 5.69 Å². The number of anilines is 1. The number of halogens is 1. The molecule has 2 amide bonds. The molecule has 2 heterocycles. The number of nitrogens with one attached hydrogen (secondary N) is 1. The summed E-state index contributed by atoms with van der Waals surface area (Å²) in [6, 6.07) is 16.1. The zero-order chi connectivity index (χ0) is 21.1. The molecule has 3 N–H and O–H groups in total. The maximum absolute atomic E-state index is 12.5. The Labute approximate surface area is 176 Å². The molecule has 2 aromatic heterocycles. The predicted octanol–water partition coefficient (Wildman–Crippen LogP) is 3.12. The number of hydrogen-bond donors (Lipinski definition) is 2. The number of nitrogens with zero attached hydrogens (tertiary/aromatic N) is 4. The maximum Gasteiger partial charge on any atom is 0.269 e. The largest absolute Gasteiger partial charge is 0.364 e. The summed E-state index contributed by atoms with van der Waals surface area (Å²) >= 11 is 6.18. The van der Waals surface area contributed by atoms with Crippen molar-refractivity contribution in [1.29, 1.82) is 0 Å².